The van der Waals surface area contributed by atoms with Crippen LogP contribution in [-0.2, 0) is 13.0 Å². The number of benzene rings is 1. The number of carbonyl (C=O) groups excluding carboxylic acids is 1. The maximum atomic E-state index is 11.1. The van der Waals surface area contributed by atoms with Gasteiger partial charge in [0.05, 0.1) is 18.1 Å². The second-order valence-electron chi connectivity index (χ2n) is 5.09. The first-order valence-electron chi connectivity index (χ1n) is 6.94. The summed E-state index contributed by atoms with van der Waals surface area (Å²) in [6.07, 6.45) is 2.84. The lowest BCUT2D eigenvalue weighted by atomic mass is 10.0. The summed E-state index contributed by atoms with van der Waals surface area (Å²) in [5.74, 6) is 0.272. The number of aliphatic hydroxyl groups excluding tert-OH is 1. The third-order valence-electron chi connectivity index (χ3n) is 3.44. The van der Waals surface area contributed by atoms with Crippen molar-refractivity contribution in [3.05, 3.63) is 46.4 Å². The molecule has 118 valence electrons. The molecule has 3 aromatic rings. The lowest BCUT2D eigenvalue weighted by molar-refractivity contribution is 0.112. The summed E-state index contributed by atoms with van der Waals surface area (Å²) in [7, 11) is 0. The number of hydrogen-bond donors (Lipinski definition) is 2. The molecule has 7 nitrogen and oxygen atoms in total. The number of rotatable bonds is 5. The van der Waals surface area contributed by atoms with Gasteiger partial charge in [0.1, 0.15) is 12.1 Å². The fourth-order valence-electron chi connectivity index (χ4n) is 2.46. The quantitative estimate of drug-likeness (QED) is 0.541. The van der Waals surface area contributed by atoms with Crippen LogP contribution in [0.4, 0.5) is 5.82 Å². The Morgan fingerprint density at radius 2 is 2.04 bits per heavy atom. The highest BCUT2D eigenvalue weighted by Gasteiger charge is 2.11. The molecule has 0 aliphatic carbocycles. The van der Waals surface area contributed by atoms with Crippen molar-refractivity contribution >= 4 is 34.7 Å². The average molecular weight is 332 g/mol. The fourth-order valence-corrected chi connectivity index (χ4v) is 2.63. The van der Waals surface area contributed by atoms with Gasteiger partial charge >= 0.3 is 0 Å². The Morgan fingerprint density at radius 1 is 1.26 bits per heavy atom. The standard InChI is InChI=1S/C15H14ClN5O2/c16-15-19-13(17)12-6-18-21(14(12)20-15)7-10-3-9(1-2-22)4-11(5-10)8-23/h3-6,8,22H,1-2,7H2,(H2,17,19,20). The second-order valence-corrected chi connectivity index (χ2v) is 5.43. The highest BCUT2D eigenvalue weighted by molar-refractivity contribution is 6.28. The molecule has 3 rings (SSSR count). The lowest BCUT2D eigenvalue weighted by Gasteiger charge is -2.08. The van der Waals surface area contributed by atoms with Crippen LogP contribution in [0.25, 0.3) is 11.0 Å². The summed E-state index contributed by atoms with van der Waals surface area (Å²) >= 11 is 5.85. The summed E-state index contributed by atoms with van der Waals surface area (Å²) in [4.78, 5) is 19.1. The van der Waals surface area contributed by atoms with Crippen molar-refractivity contribution in [1.82, 2.24) is 19.7 Å². The van der Waals surface area contributed by atoms with E-state index in [4.69, 9.17) is 22.4 Å². The van der Waals surface area contributed by atoms with Gasteiger partial charge in [0, 0.05) is 12.2 Å². The maximum Gasteiger partial charge on any atom is 0.226 e. The second kappa shape index (κ2) is 6.31. The van der Waals surface area contributed by atoms with Gasteiger partial charge in [-0.25, -0.2) is 9.67 Å². The Labute approximate surface area is 136 Å². The largest absolute Gasteiger partial charge is 0.396 e. The summed E-state index contributed by atoms with van der Waals surface area (Å²) in [6.45, 7) is 0.419. The summed E-state index contributed by atoms with van der Waals surface area (Å²) in [5.41, 5.74) is 8.65. The zero-order chi connectivity index (χ0) is 16.4. The van der Waals surface area contributed by atoms with Crippen LogP contribution in [0.1, 0.15) is 21.5 Å². The van der Waals surface area contributed by atoms with E-state index in [1.807, 2.05) is 6.07 Å². The first-order valence-corrected chi connectivity index (χ1v) is 7.32. The molecule has 2 aromatic heterocycles. The van der Waals surface area contributed by atoms with Crippen molar-refractivity contribution in [1.29, 1.82) is 0 Å². The molecule has 0 saturated carbocycles. The molecule has 0 unspecified atom stereocenters. The molecule has 0 saturated heterocycles. The fraction of sp³-hybridized carbons (Fsp3) is 0.200. The van der Waals surface area contributed by atoms with Crippen LogP contribution in [0.15, 0.2) is 24.4 Å². The van der Waals surface area contributed by atoms with E-state index >= 15 is 0 Å². The molecule has 0 fully saturated rings. The normalized spacial score (nSPS) is 11.0. The smallest absolute Gasteiger partial charge is 0.226 e. The number of aldehydes is 1. The monoisotopic (exact) mass is 331 g/mol. The van der Waals surface area contributed by atoms with Gasteiger partial charge in [-0.1, -0.05) is 6.07 Å². The van der Waals surface area contributed by atoms with Gasteiger partial charge in [0.15, 0.2) is 5.65 Å². The van der Waals surface area contributed by atoms with Crippen LogP contribution in [0, 0.1) is 0 Å². The van der Waals surface area contributed by atoms with Crippen LogP contribution in [0.3, 0.4) is 0 Å². The number of carbonyl (C=O) groups is 1. The summed E-state index contributed by atoms with van der Waals surface area (Å²) in [6, 6.07) is 5.45. The van der Waals surface area contributed by atoms with Gasteiger partial charge < -0.3 is 10.8 Å². The van der Waals surface area contributed by atoms with Crippen molar-refractivity contribution in [3.8, 4) is 0 Å². The molecule has 3 N–H and O–H groups in total. The van der Waals surface area contributed by atoms with Gasteiger partial charge in [-0.15, -0.1) is 0 Å². The molecular formula is C15H14ClN5O2. The Morgan fingerprint density at radius 3 is 2.78 bits per heavy atom. The molecule has 0 aliphatic heterocycles. The van der Waals surface area contributed by atoms with Crippen molar-refractivity contribution < 1.29 is 9.90 Å². The highest BCUT2D eigenvalue weighted by atomic mass is 35.5. The van der Waals surface area contributed by atoms with E-state index < -0.39 is 0 Å². The topological polar surface area (TPSA) is 107 Å². The number of hydrogen-bond acceptors (Lipinski definition) is 6. The molecule has 1 aromatic carbocycles. The molecule has 0 amide bonds. The molecule has 0 aliphatic rings. The Hall–Kier alpha value is -2.51. The maximum absolute atomic E-state index is 11.1. The van der Waals surface area contributed by atoms with Crippen LogP contribution >= 0.6 is 11.6 Å². The summed E-state index contributed by atoms with van der Waals surface area (Å²) < 4.78 is 1.64. The van der Waals surface area contributed by atoms with Gasteiger partial charge in [0.2, 0.25) is 5.28 Å². The minimum absolute atomic E-state index is 0.0197. The Balaban J connectivity index is 2.02. The minimum Gasteiger partial charge on any atom is -0.396 e. The lowest BCUT2D eigenvalue weighted by Crippen LogP contribution is -2.05. The Bertz CT molecular complexity index is 878. The van der Waals surface area contributed by atoms with Crippen LogP contribution in [0.5, 0.6) is 0 Å². The zero-order valence-corrected chi connectivity index (χ0v) is 12.9. The van der Waals surface area contributed by atoms with E-state index in [1.54, 1.807) is 23.0 Å². The van der Waals surface area contributed by atoms with Crippen LogP contribution in [-0.4, -0.2) is 37.7 Å². The first kappa shape index (κ1) is 15.4. The van der Waals surface area contributed by atoms with E-state index in [0.717, 1.165) is 17.4 Å². The van der Waals surface area contributed by atoms with Crippen molar-refractivity contribution in [3.63, 3.8) is 0 Å². The van der Waals surface area contributed by atoms with Crippen molar-refractivity contribution in [2.24, 2.45) is 0 Å². The number of nitrogens with zero attached hydrogens (tertiary/aromatic N) is 4. The van der Waals surface area contributed by atoms with Crippen molar-refractivity contribution in [2.75, 3.05) is 12.3 Å². The molecule has 0 spiro atoms. The molecule has 23 heavy (non-hydrogen) atoms. The number of nitrogens with two attached hydrogens (primary N) is 1. The third kappa shape index (κ3) is 3.15. The molecule has 0 bridgehead atoms. The number of anilines is 1. The SMILES string of the molecule is Nc1nc(Cl)nc2c1cnn2Cc1cc(C=O)cc(CCO)c1. The third-order valence-corrected chi connectivity index (χ3v) is 3.61. The van der Waals surface area contributed by atoms with Crippen LogP contribution < -0.4 is 5.73 Å². The van der Waals surface area contributed by atoms with E-state index in [0.29, 0.717) is 29.6 Å². The predicted molar refractivity (Wildman–Crippen MR) is 86.5 cm³/mol. The van der Waals surface area contributed by atoms with E-state index in [9.17, 15) is 4.79 Å². The summed E-state index contributed by atoms with van der Waals surface area (Å²) in [5, 5.41) is 14.0. The molecule has 2 heterocycles. The first-order chi connectivity index (χ1) is 11.1. The van der Waals surface area contributed by atoms with Gasteiger partial charge in [0.25, 0.3) is 0 Å². The van der Waals surface area contributed by atoms with E-state index in [2.05, 4.69) is 15.1 Å². The molecule has 8 heteroatoms. The van der Waals surface area contributed by atoms with Crippen LogP contribution in [0.2, 0.25) is 5.28 Å². The van der Waals surface area contributed by atoms with Gasteiger partial charge in [-0.05, 0) is 41.3 Å². The van der Waals surface area contributed by atoms with E-state index in [1.165, 1.54) is 0 Å². The predicted octanol–water partition coefficient (Wildman–Crippen LogP) is 1.46. The van der Waals surface area contributed by atoms with Crippen molar-refractivity contribution in [2.45, 2.75) is 13.0 Å². The van der Waals surface area contributed by atoms with Gasteiger partial charge in [-0.3, -0.25) is 4.79 Å². The molecular weight excluding hydrogens is 318 g/mol. The average Bonchev–Trinajstić information content (AvgIpc) is 2.90. The highest BCUT2D eigenvalue weighted by Crippen LogP contribution is 2.20. The van der Waals surface area contributed by atoms with E-state index in [-0.39, 0.29) is 17.7 Å². The molecule has 0 atom stereocenters. The number of halogens is 1. The minimum atomic E-state index is 0.0197. The zero-order valence-electron chi connectivity index (χ0n) is 12.1. The number of aromatic nitrogens is 4. The number of nitrogen functional groups attached to an aromatic ring is 1. The number of aliphatic hydroxyl groups is 1. The Kier molecular flexibility index (Phi) is 4.22. The van der Waals surface area contributed by atoms with Gasteiger partial charge in [-0.2, -0.15) is 10.1 Å². The molecule has 0 radical (unpaired) electrons. The number of fused-ring (bicyclic) bond motifs is 1.